The summed E-state index contributed by atoms with van der Waals surface area (Å²) in [5.74, 6) is 0.672. The first-order chi connectivity index (χ1) is 15.1. The predicted molar refractivity (Wildman–Crippen MR) is 124 cm³/mol. The summed E-state index contributed by atoms with van der Waals surface area (Å²) in [6, 6.07) is 16.3. The molecule has 4 rings (SSSR count). The second-order valence-corrected chi connectivity index (χ2v) is 8.95. The first kappa shape index (κ1) is 21.4. The summed E-state index contributed by atoms with van der Waals surface area (Å²) >= 11 is 7.80. The normalized spacial score (nSPS) is 13.7. The van der Waals surface area contributed by atoms with Gasteiger partial charge in [0.2, 0.25) is 5.91 Å². The molecule has 0 fully saturated rings. The molecule has 0 spiro atoms. The number of anilines is 1. The molecule has 158 valence electrons. The molecule has 2 amide bonds. The highest BCUT2D eigenvalue weighted by molar-refractivity contribution is 7.99. The largest absolute Gasteiger partial charge is 0.327 e. The lowest BCUT2D eigenvalue weighted by atomic mass is 10.0. The van der Waals surface area contributed by atoms with Crippen molar-refractivity contribution < 1.29 is 9.59 Å². The molecule has 1 aliphatic rings. The van der Waals surface area contributed by atoms with Gasteiger partial charge in [-0.05, 0) is 59.3 Å². The summed E-state index contributed by atoms with van der Waals surface area (Å²) in [6.07, 6.45) is 3.50. The third-order valence-electron chi connectivity index (χ3n) is 5.21. The van der Waals surface area contributed by atoms with Crippen LogP contribution in [0.3, 0.4) is 0 Å². The Bertz CT molecular complexity index is 1110. The SMILES string of the molecule is CCSc1ccccc1NC(=O)CC(c1ccncc1)N1Cc2cc(Cl)ccc2C1=O. The fraction of sp³-hybridized carbons (Fsp3) is 0.208. The highest BCUT2D eigenvalue weighted by Crippen LogP contribution is 2.35. The van der Waals surface area contributed by atoms with Crippen LogP contribution >= 0.6 is 23.4 Å². The van der Waals surface area contributed by atoms with Crippen LogP contribution in [0.25, 0.3) is 0 Å². The molecule has 7 heteroatoms. The zero-order chi connectivity index (χ0) is 21.8. The maximum absolute atomic E-state index is 13.1. The zero-order valence-electron chi connectivity index (χ0n) is 17.0. The second kappa shape index (κ2) is 9.54. The quantitative estimate of drug-likeness (QED) is 0.477. The van der Waals surface area contributed by atoms with E-state index in [9.17, 15) is 9.59 Å². The number of rotatable bonds is 7. The molecule has 1 N–H and O–H groups in total. The lowest BCUT2D eigenvalue weighted by Crippen LogP contribution is -2.32. The molecule has 5 nitrogen and oxygen atoms in total. The van der Waals surface area contributed by atoms with Crippen molar-refractivity contribution in [3.63, 3.8) is 0 Å². The predicted octanol–water partition coefficient (Wildman–Crippen LogP) is 5.57. The number of nitrogens with zero attached hydrogens (tertiary/aromatic N) is 2. The molecule has 2 aromatic carbocycles. The van der Waals surface area contributed by atoms with Crippen LogP contribution in [0.15, 0.2) is 71.9 Å². The molecule has 1 aliphatic heterocycles. The Morgan fingerprint density at radius 3 is 2.74 bits per heavy atom. The van der Waals surface area contributed by atoms with Gasteiger partial charge in [0.25, 0.3) is 5.91 Å². The van der Waals surface area contributed by atoms with Crippen LogP contribution in [0.2, 0.25) is 5.02 Å². The Balaban J connectivity index is 1.59. The van der Waals surface area contributed by atoms with Gasteiger partial charge in [-0.2, -0.15) is 0 Å². The number of thioether (sulfide) groups is 1. The lowest BCUT2D eigenvalue weighted by molar-refractivity contribution is -0.117. The summed E-state index contributed by atoms with van der Waals surface area (Å²) < 4.78 is 0. The molecule has 31 heavy (non-hydrogen) atoms. The van der Waals surface area contributed by atoms with Gasteiger partial charge in [0.1, 0.15) is 0 Å². The molecule has 0 saturated carbocycles. The standard InChI is InChI=1S/C24H22ClN3O2S/c1-2-31-22-6-4-3-5-20(22)27-23(29)14-21(16-9-11-26-12-10-16)28-15-17-13-18(25)7-8-19(17)24(28)30/h3-13,21H,2,14-15H2,1H3,(H,27,29). The van der Waals surface area contributed by atoms with E-state index in [-0.39, 0.29) is 18.2 Å². The Kier molecular flexibility index (Phi) is 6.59. The summed E-state index contributed by atoms with van der Waals surface area (Å²) in [6.45, 7) is 2.49. The molecule has 0 radical (unpaired) electrons. The van der Waals surface area contributed by atoms with Crippen LogP contribution in [-0.4, -0.2) is 27.5 Å². The van der Waals surface area contributed by atoms with Gasteiger partial charge in [0.05, 0.1) is 18.2 Å². The van der Waals surface area contributed by atoms with Crippen LogP contribution in [0.1, 0.15) is 40.9 Å². The average Bonchev–Trinajstić information content (AvgIpc) is 3.09. The molecule has 0 bridgehead atoms. The van der Waals surface area contributed by atoms with E-state index >= 15 is 0 Å². The number of para-hydroxylation sites is 1. The molecule has 3 aromatic rings. The molecule has 1 unspecified atom stereocenters. The third-order valence-corrected chi connectivity index (χ3v) is 6.40. The van der Waals surface area contributed by atoms with E-state index in [1.54, 1.807) is 41.2 Å². The number of nitrogens with one attached hydrogen (secondary N) is 1. The number of amides is 2. The first-order valence-electron chi connectivity index (χ1n) is 10.1. The summed E-state index contributed by atoms with van der Waals surface area (Å²) in [7, 11) is 0. The number of fused-ring (bicyclic) bond motifs is 1. The molecule has 2 heterocycles. The maximum Gasteiger partial charge on any atom is 0.255 e. The van der Waals surface area contributed by atoms with Crippen LogP contribution < -0.4 is 5.32 Å². The number of hydrogen-bond donors (Lipinski definition) is 1. The van der Waals surface area contributed by atoms with Crippen LogP contribution in [0, 0.1) is 0 Å². The van der Waals surface area contributed by atoms with Gasteiger partial charge < -0.3 is 10.2 Å². The molecular formula is C24H22ClN3O2S. The van der Waals surface area contributed by atoms with Crippen molar-refractivity contribution in [1.29, 1.82) is 0 Å². The van der Waals surface area contributed by atoms with E-state index in [0.29, 0.717) is 17.1 Å². The zero-order valence-corrected chi connectivity index (χ0v) is 18.6. The fourth-order valence-corrected chi connectivity index (χ4v) is 4.74. The van der Waals surface area contributed by atoms with E-state index in [1.165, 1.54) is 0 Å². The van der Waals surface area contributed by atoms with Crippen molar-refractivity contribution in [3.8, 4) is 0 Å². The Morgan fingerprint density at radius 1 is 1.19 bits per heavy atom. The number of hydrogen-bond acceptors (Lipinski definition) is 4. The number of carbonyl (C=O) groups excluding carboxylic acids is 2. The minimum absolute atomic E-state index is 0.0942. The van der Waals surface area contributed by atoms with Crippen molar-refractivity contribution in [2.24, 2.45) is 0 Å². The monoisotopic (exact) mass is 451 g/mol. The van der Waals surface area contributed by atoms with Gasteiger partial charge in [-0.3, -0.25) is 14.6 Å². The minimum Gasteiger partial charge on any atom is -0.327 e. The van der Waals surface area contributed by atoms with Gasteiger partial charge >= 0.3 is 0 Å². The molecule has 1 aromatic heterocycles. The maximum atomic E-state index is 13.1. The Labute approximate surface area is 190 Å². The van der Waals surface area contributed by atoms with Crippen molar-refractivity contribution >= 4 is 40.9 Å². The smallest absolute Gasteiger partial charge is 0.255 e. The highest BCUT2D eigenvalue weighted by Gasteiger charge is 2.34. The van der Waals surface area contributed by atoms with Crippen LogP contribution in [0.4, 0.5) is 5.69 Å². The van der Waals surface area contributed by atoms with E-state index in [0.717, 1.165) is 27.5 Å². The van der Waals surface area contributed by atoms with E-state index in [1.807, 2.05) is 42.5 Å². The van der Waals surface area contributed by atoms with Gasteiger partial charge in [0, 0.05) is 34.4 Å². The summed E-state index contributed by atoms with van der Waals surface area (Å²) in [4.78, 5) is 33.0. The minimum atomic E-state index is -0.410. The Hall–Kier alpha value is -2.83. The van der Waals surface area contributed by atoms with E-state index < -0.39 is 6.04 Å². The van der Waals surface area contributed by atoms with Crippen molar-refractivity contribution in [2.45, 2.75) is 30.8 Å². The van der Waals surface area contributed by atoms with E-state index in [2.05, 4.69) is 17.2 Å². The van der Waals surface area contributed by atoms with Crippen molar-refractivity contribution in [1.82, 2.24) is 9.88 Å². The van der Waals surface area contributed by atoms with Crippen molar-refractivity contribution in [3.05, 3.63) is 88.7 Å². The van der Waals surface area contributed by atoms with Gasteiger partial charge in [-0.25, -0.2) is 0 Å². The van der Waals surface area contributed by atoms with Crippen LogP contribution in [-0.2, 0) is 11.3 Å². The number of benzene rings is 2. The summed E-state index contributed by atoms with van der Waals surface area (Å²) in [5.41, 5.74) is 3.17. The lowest BCUT2D eigenvalue weighted by Gasteiger charge is -2.28. The van der Waals surface area contributed by atoms with Gasteiger partial charge in [-0.15, -0.1) is 11.8 Å². The van der Waals surface area contributed by atoms with Gasteiger partial charge in [0.15, 0.2) is 0 Å². The topological polar surface area (TPSA) is 62.3 Å². The van der Waals surface area contributed by atoms with Gasteiger partial charge in [-0.1, -0.05) is 30.7 Å². The summed E-state index contributed by atoms with van der Waals surface area (Å²) in [5, 5.41) is 3.62. The number of halogens is 1. The number of aromatic nitrogens is 1. The Morgan fingerprint density at radius 2 is 1.97 bits per heavy atom. The first-order valence-corrected chi connectivity index (χ1v) is 11.4. The molecule has 1 atom stereocenters. The molecule has 0 aliphatic carbocycles. The second-order valence-electron chi connectivity index (χ2n) is 7.21. The van der Waals surface area contributed by atoms with Crippen LogP contribution in [0.5, 0.6) is 0 Å². The molecule has 0 saturated heterocycles. The third kappa shape index (κ3) is 4.75. The number of carbonyl (C=O) groups is 2. The fourth-order valence-electron chi connectivity index (χ4n) is 3.79. The van der Waals surface area contributed by atoms with E-state index in [4.69, 9.17) is 11.6 Å². The average molecular weight is 452 g/mol. The molecular weight excluding hydrogens is 430 g/mol. The number of pyridine rings is 1. The van der Waals surface area contributed by atoms with Crippen molar-refractivity contribution in [2.75, 3.05) is 11.1 Å². The highest BCUT2D eigenvalue weighted by atomic mass is 35.5.